The van der Waals surface area contributed by atoms with E-state index in [4.69, 9.17) is 0 Å². The molecule has 0 bridgehead atoms. The predicted octanol–water partition coefficient (Wildman–Crippen LogP) is 3.21. The molecule has 0 heterocycles. The molecule has 2 amide bonds. The van der Waals surface area contributed by atoms with E-state index in [1.165, 1.54) is 0 Å². The Labute approximate surface area is 130 Å². The summed E-state index contributed by atoms with van der Waals surface area (Å²) in [5, 5.41) is 5.66. The van der Waals surface area contributed by atoms with Gasteiger partial charge in [0.15, 0.2) is 0 Å². The zero-order valence-electron chi connectivity index (χ0n) is 12.8. The van der Waals surface area contributed by atoms with Crippen molar-refractivity contribution >= 4 is 17.5 Å². The van der Waals surface area contributed by atoms with Crippen molar-refractivity contribution in [1.82, 2.24) is 5.32 Å². The average Bonchev–Trinajstić information content (AvgIpc) is 2.53. The quantitative estimate of drug-likeness (QED) is 0.890. The second-order valence-electron chi connectivity index (χ2n) is 5.39. The van der Waals surface area contributed by atoms with Crippen LogP contribution in [0.15, 0.2) is 54.6 Å². The molecular weight excluding hydrogens is 276 g/mol. The summed E-state index contributed by atoms with van der Waals surface area (Å²) in [6.07, 6.45) is 0. The van der Waals surface area contributed by atoms with E-state index in [1.54, 1.807) is 24.3 Å². The Morgan fingerprint density at radius 1 is 1.00 bits per heavy atom. The van der Waals surface area contributed by atoms with Crippen LogP contribution in [0.4, 0.5) is 5.69 Å². The SMILES string of the molecule is CC(C)C(=O)Nc1cccc(C(=O)NCc2ccccc2)c1. The Morgan fingerprint density at radius 3 is 2.41 bits per heavy atom. The lowest BCUT2D eigenvalue weighted by atomic mass is 10.1. The number of rotatable bonds is 5. The lowest BCUT2D eigenvalue weighted by Gasteiger charge is -2.10. The number of amides is 2. The average molecular weight is 296 g/mol. The van der Waals surface area contributed by atoms with Crippen LogP contribution in [0, 0.1) is 5.92 Å². The van der Waals surface area contributed by atoms with E-state index in [-0.39, 0.29) is 17.7 Å². The zero-order chi connectivity index (χ0) is 15.9. The van der Waals surface area contributed by atoms with Gasteiger partial charge in [0.25, 0.3) is 5.91 Å². The lowest BCUT2D eigenvalue weighted by molar-refractivity contribution is -0.118. The topological polar surface area (TPSA) is 58.2 Å². The normalized spacial score (nSPS) is 10.3. The number of carbonyl (C=O) groups is 2. The van der Waals surface area contributed by atoms with Crippen LogP contribution < -0.4 is 10.6 Å². The minimum Gasteiger partial charge on any atom is -0.348 e. The first kappa shape index (κ1) is 15.8. The van der Waals surface area contributed by atoms with Crippen LogP contribution in [0.25, 0.3) is 0 Å². The fraction of sp³-hybridized carbons (Fsp3) is 0.222. The number of carbonyl (C=O) groups excluding carboxylic acids is 2. The molecule has 0 fully saturated rings. The molecule has 4 heteroatoms. The van der Waals surface area contributed by atoms with Crippen molar-refractivity contribution in [2.45, 2.75) is 20.4 Å². The van der Waals surface area contributed by atoms with Gasteiger partial charge in [0, 0.05) is 23.7 Å². The predicted molar refractivity (Wildman–Crippen MR) is 87.5 cm³/mol. The number of hydrogen-bond donors (Lipinski definition) is 2. The summed E-state index contributed by atoms with van der Waals surface area (Å²) < 4.78 is 0. The molecule has 0 unspecified atom stereocenters. The highest BCUT2D eigenvalue weighted by atomic mass is 16.2. The van der Waals surface area contributed by atoms with Crippen LogP contribution >= 0.6 is 0 Å². The number of nitrogens with one attached hydrogen (secondary N) is 2. The number of hydrogen-bond acceptors (Lipinski definition) is 2. The maximum absolute atomic E-state index is 12.2. The second-order valence-corrected chi connectivity index (χ2v) is 5.39. The van der Waals surface area contributed by atoms with Gasteiger partial charge in [-0.05, 0) is 23.8 Å². The largest absolute Gasteiger partial charge is 0.348 e. The highest BCUT2D eigenvalue weighted by molar-refractivity contribution is 5.97. The van der Waals surface area contributed by atoms with E-state index < -0.39 is 0 Å². The maximum Gasteiger partial charge on any atom is 0.251 e. The molecule has 0 aliphatic heterocycles. The first-order valence-electron chi connectivity index (χ1n) is 7.29. The van der Waals surface area contributed by atoms with E-state index >= 15 is 0 Å². The molecule has 0 aliphatic carbocycles. The van der Waals surface area contributed by atoms with E-state index in [2.05, 4.69) is 10.6 Å². The Bertz CT molecular complexity index is 651. The van der Waals surface area contributed by atoms with Gasteiger partial charge in [-0.2, -0.15) is 0 Å². The van der Waals surface area contributed by atoms with Gasteiger partial charge in [-0.3, -0.25) is 9.59 Å². The summed E-state index contributed by atoms with van der Waals surface area (Å²) in [7, 11) is 0. The zero-order valence-corrected chi connectivity index (χ0v) is 12.8. The van der Waals surface area contributed by atoms with Crippen molar-refractivity contribution in [3.63, 3.8) is 0 Å². The van der Waals surface area contributed by atoms with Gasteiger partial charge in [-0.25, -0.2) is 0 Å². The first-order chi connectivity index (χ1) is 10.6. The molecule has 22 heavy (non-hydrogen) atoms. The van der Waals surface area contributed by atoms with Crippen molar-refractivity contribution < 1.29 is 9.59 Å². The monoisotopic (exact) mass is 296 g/mol. The third-order valence-electron chi connectivity index (χ3n) is 3.21. The molecule has 0 atom stereocenters. The molecule has 0 aliphatic rings. The summed E-state index contributed by atoms with van der Waals surface area (Å²) in [6, 6.07) is 16.7. The van der Waals surface area contributed by atoms with Gasteiger partial charge in [0.1, 0.15) is 0 Å². The number of benzene rings is 2. The Morgan fingerprint density at radius 2 is 1.73 bits per heavy atom. The highest BCUT2D eigenvalue weighted by Gasteiger charge is 2.09. The van der Waals surface area contributed by atoms with Crippen LogP contribution in [0.1, 0.15) is 29.8 Å². The second kappa shape index (κ2) is 7.41. The van der Waals surface area contributed by atoms with Crippen LogP contribution in [0.3, 0.4) is 0 Å². The van der Waals surface area contributed by atoms with Crippen molar-refractivity contribution in [2.75, 3.05) is 5.32 Å². The van der Waals surface area contributed by atoms with Gasteiger partial charge < -0.3 is 10.6 Å². The Hall–Kier alpha value is -2.62. The first-order valence-corrected chi connectivity index (χ1v) is 7.29. The summed E-state index contributed by atoms with van der Waals surface area (Å²) in [5.74, 6) is -0.332. The Balaban J connectivity index is 1.99. The van der Waals surface area contributed by atoms with Crippen LogP contribution in [0.5, 0.6) is 0 Å². The molecule has 0 spiro atoms. The van der Waals surface area contributed by atoms with Gasteiger partial charge >= 0.3 is 0 Å². The molecule has 2 aromatic carbocycles. The van der Waals surface area contributed by atoms with Crippen molar-refractivity contribution in [3.8, 4) is 0 Å². The van der Waals surface area contributed by atoms with Crippen molar-refractivity contribution in [3.05, 3.63) is 65.7 Å². The van der Waals surface area contributed by atoms with E-state index in [0.717, 1.165) is 5.56 Å². The maximum atomic E-state index is 12.2. The molecule has 2 rings (SSSR count). The summed E-state index contributed by atoms with van der Waals surface area (Å²) >= 11 is 0. The van der Waals surface area contributed by atoms with Crippen molar-refractivity contribution in [2.24, 2.45) is 5.92 Å². The lowest BCUT2D eigenvalue weighted by Crippen LogP contribution is -2.23. The Kier molecular flexibility index (Phi) is 5.31. The van der Waals surface area contributed by atoms with Gasteiger partial charge in [0.2, 0.25) is 5.91 Å². The minimum absolute atomic E-state index is 0.0677. The third kappa shape index (κ3) is 4.45. The minimum atomic E-state index is -0.163. The van der Waals surface area contributed by atoms with Crippen molar-refractivity contribution in [1.29, 1.82) is 0 Å². The molecule has 2 aromatic rings. The van der Waals surface area contributed by atoms with Crippen LogP contribution in [-0.4, -0.2) is 11.8 Å². The molecule has 0 saturated heterocycles. The fourth-order valence-electron chi connectivity index (χ4n) is 1.91. The molecule has 0 aromatic heterocycles. The molecular formula is C18H20N2O2. The van der Waals surface area contributed by atoms with Crippen LogP contribution in [0.2, 0.25) is 0 Å². The standard InChI is InChI=1S/C18H20N2O2/c1-13(2)17(21)20-16-10-6-9-15(11-16)18(22)19-12-14-7-4-3-5-8-14/h3-11,13H,12H2,1-2H3,(H,19,22)(H,20,21). The van der Waals surface area contributed by atoms with E-state index in [9.17, 15) is 9.59 Å². The fourth-order valence-corrected chi connectivity index (χ4v) is 1.91. The summed E-state index contributed by atoms with van der Waals surface area (Å²) in [6.45, 7) is 4.12. The number of anilines is 1. The molecule has 4 nitrogen and oxygen atoms in total. The van der Waals surface area contributed by atoms with Gasteiger partial charge in [0.05, 0.1) is 0 Å². The molecule has 0 saturated carbocycles. The highest BCUT2D eigenvalue weighted by Crippen LogP contribution is 2.12. The van der Waals surface area contributed by atoms with E-state index in [0.29, 0.717) is 17.8 Å². The molecule has 0 radical (unpaired) electrons. The summed E-state index contributed by atoms with van der Waals surface area (Å²) in [5.41, 5.74) is 2.20. The molecule has 114 valence electrons. The molecule has 2 N–H and O–H groups in total. The van der Waals surface area contributed by atoms with Crippen LogP contribution in [-0.2, 0) is 11.3 Å². The van der Waals surface area contributed by atoms with E-state index in [1.807, 2.05) is 44.2 Å². The smallest absolute Gasteiger partial charge is 0.251 e. The summed E-state index contributed by atoms with van der Waals surface area (Å²) in [4.78, 5) is 23.9. The third-order valence-corrected chi connectivity index (χ3v) is 3.21. The van der Waals surface area contributed by atoms with Gasteiger partial charge in [-0.1, -0.05) is 50.2 Å². The van der Waals surface area contributed by atoms with Gasteiger partial charge in [-0.15, -0.1) is 0 Å².